The second-order valence-corrected chi connectivity index (χ2v) is 6.28. The van der Waals surface area contributed by atoms with Crippen LogP contribution in [0.5, 0.6) is 5.75 Å². The Morgan fingerprint density at radius 1 is 0.880 bits per heavy atom. The predicted molar refractivity (Wildman–Crippen MR) is 102 cm³/mol. The minimum atomic E-state index is 0.0808. The van der Waals surface area contributed by atoms with E-state index < -0.39 is 0 Å². The molecule has 0 aliphatic heterocycles. The fourth-order valence-corrected chi connectivity index (χ4v) is 3.06. The van der Waals surface area contributed by atoms with E-state index in [0.29, 0.717) is 23.4 Å². The van der Waals surface area contributed by atoms with Crippen molar-refractivity contribution in [1.29, 1.82) is 0 Å². The van der Waals surface area contributed by atoms with Crippen molar-refractivity contribution in [2.45, 2.75) is 12.8 Å². The van der Waals surface area contributed by atoms with Gasteiger partial charge in [-0.05, 0) is 41.3 Å². The van der Waals surface area contributed by atoms with E-state index >= 15 is 0 Å². The Labute approximate surface area is 153 Å². The fourth-order valence-electron chi connectivity index (χ4n) is 2.82. The van der Waals surface area contributed by atoms with Crippen LogP contribution in [0.15, 0.2) is 72.8 Å². The topological polar surface area (TPSA) is 26.3 Å². The van der Waals surface area contributed by atoms with E-state index in [1.807, 2.05) is 72.8 Å². The summed E-state index contributed by atoms with van der Waals surface area (Å²) < 4.78 is 5.19. The van der Waals surface area contributed by atoms with Crippen molar-refractivity contribution in [2.24, 2.45) is 0 Å². The monoisotopic (exact) mass is 350 g/mol. The van der Waals surface area contributed by atoms with Crippen LogP contribution in [0.25, 0.3) is 0 Å². The van der Waals surface area contributed by atoms with Gasteiger partial charge >= 0.3 is 0 Å². The molecule has 3 aromatic carbocycles. The summed E-state index contributed by atoms with van der Waals surface area (Å²) in [6.07, 6.45) is 0.982. The van der Waals surface area contributed by atoms with E-state index in [-0.39, 0.29) is 5.78 Å². The number of carbonyl (C=O) groups excluding carboxylic acids is 1. The Morgan fingerprint density at radius 3 is 2.28 bits per heavy atom. The van der Waals surface area contributed by atoms with Crippen molar-refractivity contribution in [1.82, 2.24) is 0 Å². The number of benzene rings is 3. The summed E-state index contributed by atoms with van der Waals surface area (Å²) in [5.41, 5.74) is 3.65. The summed E-state index contributed by atoms with van der Waals surface area (Å²) in [6, 6.07) is 23.1. The van der Waals surface area contributed by atoms with Crippen LogP contribution in [0.1, 0.15) is 27.0 Å². The average molecular weight is 351 g/mol. The summed E-state index contributed by atoms with van der Waals surface area (Å²) in [6.45, 7) is 0. The van der Waals surface area contributed by atoms with Gasteiger partial charge in [-0.2, -0.15) is 0 Å². The highest BCUT2D eigenvalue weighted by molar-refractivity contribution is 6.32. The molecule has 0 radical (unpaired) electrons. The first-order valence-corrected chi connectivity index (χ1v) is 8.52. The molecule has 25 heavy (non-hydrogen) atoms. The smallest absolute Gasteiger partial charge is 0.167 e. The van der Waals surface area contributed by atoms with Crippen LogP contribution in [0.3, 0.4) is 0 Å². The minimum absolute atomic E-state index is 0.0808. The third-order valence-corrected chi connectivity index (χ3v) is 4.52. The summed E-state index contributed by atoms with van der Waals surface area (Å²) >= 11 is 6.41. The number of Topliss-reactive ketones (excluding diaryl/α,β-unsaturated/α-hetero) is 1. The zero-order valence-corrected chi connectivity index (χ0v) is 14.8. The molecule has 0 amide bonds. The van der Waals surface area contributed by atoms with E-state index in [0.717, 1.165) is 22.4 Å². The lowest BCUT2D eigenvalue weighted by Crippen LogP contribution is -2.08. The number of methoxy groups -OCH3 is 1. The van der Waals surface area contributed by atoms with Crippen LogP contribution in [-0.2, 0) is 12.8 Å². The largest absolute Gasteiger partial charge is 0.497 e. The molecule has 0 atom stereocenters. The molecule has 0 aliphatic rings. The van der Waals surface area contributed by atoms with E-state index in [1.54, 1.807) is 7.11 Å². The average Bonchev–Trinajstić information content (AvgIpc) is 2.64. The second-order valence-electron chi connectivity index (χ2n) is 5.88. The Hall–Kier alpha value is -2.58. The van der Waals surface area contributed by atoms with Crippen molar-refractivity contribution in [3.05, 3.63) is 100 Å². The zero-order valence-electron chi connectivity index (χ0n) is 14.0. The molecule has 0 spiro atoms. The van der Waals surface area contributed by atoms with Gasteiger partial charge in [-0.3, -0.25) is 4.79 Å². The Morgan fingerprint density at radius 2 is 1.60 bits per heavy atom. The van der Waals surface area contributed by atoms with Gasteiger partial charge in [-0.25, -0.2) is 0 Å². The molecule has 3 rings (SSSR count). The quantitative estimate of drug-likeness (QED) is 0.559. The van der Waals surface area contributed by atoms with Gasteiger partial charge in [-0.1, -0.05) is 66.2 Å². The van der Waals surface area contributed by atoms with Gasteiger partial charge < -0.3 is 4.74 Å². The van der Waals surface area contributed by atoms with Gasteiger partial charge in [0.2, 0.25) is 0 Å². The second kappa shape index (κ2) is 8.00. The van der Waals surface area contributed by atoms with Crippen LogP contribution in [0.2, 0.25) is 5.02 Å². The molecule has 2 nitrogen and oxygen atoms in total. The van der Waals surface area contributed by atoms with Crippen molar-refractivity contribution in [3.8, 4) is 5.75 Å². The zero-order chi connectivity index (χ0) is 17.6. The Balaban J connectivity index is 1.87. The fraction of sp³-hybridized carbons (Fsp3) is 0.136. The van der Waals surface area contributed by atoms with Crippen molar-refractivity contribution < 1.29 is 9.53 Å². The molecule has 0 heterocycles. The molecule has 0 saturated heterocycles. The maximum atomic E-state index is 12.8. The van der Waals surface area contributed by atoms with Gasteiger partial charge in [0, 0.05) is 17.0 Å². The molecule has 0 aromatic heterocycles. The van der Waals surface area contributed by atoms with Crippen molar-refractivity contribution in [2.75, 3.05) is 7.11 Å². The standard InChI is InChI=1S/C22H19ClO2/c1-25-18-12-10-17(11-13-18)14-20-19(8-5-9-21(20)23)22(24)15-16-6-3-2-4-7-16/h2-13H,14-15H2,1H3. The molecule has 3 heteroatoms. The summed E-state index contributed by atoms with van der Waals surface area (Å²) in [7, 11) is 1.64. The molecule has 0 aliphatic carbocycles. The van der Waals surface area contributed by atoms with E-state index in [4.69, 9.17) is 16.3 Å². The molecule has 0 unspecified atom stereocenters. The number of ether oxygens (including phenoxy) is 1. The highest BCUT2D eigenvalue weighted by Gasteiger charge is 2.15. The minimum Gasteiger partial charge on any atom is -0.497 e. The van der Waals surface area contributed by atoms with Crippen LogP contribution in [0, 0.1) is 0 Å². The molecular weight excluding hydrogens is 332 g/mol. The highest BCUT2D eigenvalue weighted by Crippen LogP contribution is 2.25. The first-order chi connectivity index (χ1) is 12.2. The molecule has 0 bridgehead atoms. The lowest BCUT2D eigenvalue weighted by atomic mass is 9.94. The maximum Gasteiger partial charge on any atom is 0.167 e. The number of carbonyl (C=O) groups is 1. The number of hydrogen-bond acceptors (Lipinski definition) is 2. The summed E-state index contributed by atoms with van der Waals surface area (Å²) in [4.78, 5) is 12.8. The third kappa shape index (κ3) is 4.28. The highest BCUT2D eigenvalue weighted by atomic mass is 35.5. The molecule has 3 aromatic rings. The van der Waals surface area contributed by atoms with E-state index in [2.05, 4.69) is 0 Å². The molecule has 126 valence electrons. The van der Waals surface area contributed by atoms with Gasteiger partial charge in [0.25, 0.3) is 0 Å². The van der Waals surface area contributed by atoms with Crippen molar-refractivity contribution >= 4 is 17.4 Å². The van der Waals surface area contributed by atoms with Crippen LogP contribution >= 0.6 is 11.6 Å². The van der Waals surface area contributed by atoms with E-state index in [1.165, 1.54) is 0 Å². The summed E-state index contributed by atoms with van der Waals surface area (Å²) in [5, 5.41) is 0.620. The lowest BCUT2D eigenvalue weighted by Gasteiger charge is -2.12. The third-order valence-electron chi connectivity index (χ3n) is 4.17. The first kappa shape index (κ1) is 17.2. The van der Waals surface area contributed by atoms with E-state index in [9.17, 15) is 4.79 Å². The molecular formula is C22H19ClO2. The molecule has 0 saturated carbocycles. The van der Waals surface area contributed by atoms with Gasteiger partial charge in [-0.15, -0.1) is 0 Å². The maximum absolute atomic E-state index is 12.8. The number of hydrogen-bond donors (Lipinski definition) is 0. The van der Waals surface area contributed by atoms with Gasteiger partial charge in [0.15, 0.2) is 5.78 Å². The Kier molecular flexibility index (Phi) is 5.52. The number of ketones is 1. The van der Waals surface area contributed by atoms with Crippen LogP contribution < -0.4 is 4.74 Å². The predicted octanol–water partition coefficient (Wildman–Crippen LogP) is 5.36. The van der Waals surface area contributed by atoms with Gasteiger partial charge in [0.1, 0.15) is 5.75 Å². The number of rotatable bonds is 6. The van der Waals surface area contributed by atoms with Gasteiger partial charge in [0.05, 0.1) is 7.11 Å². The summed E-state index contributed by atoms with van der Waals surface area (Å²) in [5.74, 6) is 0.889. The molecule has 0 N–H and O–H groups in total. The molecule has 0 fully saturated rings. The number of halogens is 1. The lowest BCUT2D eigenvalue weighted by molar-refractivity contribution is 0.0992. The van der Waals surface area contributed by atoms with Crippen LogP contribution in [-0.4, -0.2) is 12.9 Å². The normalized spacial score (nSPS) is 10.5. The van der Waals surface area contributed by atoms with Crippen molar-refractivity contribution in [3.63, 3.8) is 0 Å². The van der Waals surface area contributed by atoms with Crippen LogP contribution in [0.4, 0.5) is 0 Å². The Bertz CT molecular complexity index is 855. The SMILES string of the molecule is COc1ccc(Cc2c(Cl)cccc2C(=O)Cc2ccccc2)cc1. The first-order valence-electron chi connectivity index (χ1n) is 8.15.